The van der Waals surface area contributed by atoms with Crippen molar-refractivity contribution in [3.05, 3.63) is 40.6 Å². The first-order chi connectivity index (χ1) is 15.6. The second kappa shape index (κ2) is 8.42. The molecule has 4 rings (SSSR count). The zero-order valence-electron chi connectivity index (χ0n) is 16.7. The molecule has 1 aliphatic heterocycles. The minimum atomic E-state index is -1.85. The van der Waals surface area contributed by atoms with Crippen molar-refractivity contribution >= 4 is 11.0 Å². The molecule has 2 aromatic carbocycles. The van der Waals surface area contributed by atoms with Crippen molar-refractivity contribution in [2.75, 3.05) is 6.61 Å². The number of hydrogen-bond donors (Lipinski definition) is 8. The highest BCUT2D eigenvalue weighted by Crippen LogP contribution is 2.39. The van der Waals surface area contributed by atoms with Gasteiger partial charge in [-0.3, -0.25) is 4.79 Å². The Labute approximate surface area is 184 Å². The van der Waals surface area contributed by atoms with Gasteiger partial charge >= 0.3 is 0 Å². The van der Waals surface area contributed by atoms with Crippen LogP contribution >= 0.6 is 0 Å². The van der Waals surface area contributed by atoms with Gasteiger partial charge in [0, 0.05) is 17.7 Å². The average molecular weight is 464 g/mol. The first kappa shape index (κ1) is 22.6. The van der Waals surface area contributed by atoms with Crippen molar-refractivity contribution in [2.45, 2.75) is 30.7 Å². The van der Waals surface area contributed by atoms with Gasteiger partial charge in [-0.25, -0.2) is 0 Å². The fraction of sp³-hybridized carbons (Fsp3) is 0.286. The van der Waals surface area contributed by atoms with Crippen molar-refractivity contribution in [3.8, 4) is 40.1 Å². The fourth-order valence-electron chi connectivity index (χ4n) is 3.51. The first-order valence-electron chi connectivity index (χ1n) is 9.64. The van der Waals surface area contributed by atoms with Crippen molar-refractivity contribution in [1.82, 2.24) is 0 Å². The van der Waals surface area contributed by atoms with Crippen LogP contribution in [0.2, 0.25) is 0 Å². The summed E-state index contributed by atoms with van der Waals surface area (Å²) < 4.78 is 16.5. The van der Waals surface area contributed by atoms with Gasteiger partial charge < -0.3 is 54.7 Å². The highest BCUT2D eigenvalue weighted by Gasteiger charge is 2.45. The molecule has 12 nitrogen and oxygen atoms in total. The largest absolute Gasteiger partial charge is 0.508 e. The van der Waals surface area contributed by atoms with Crippen LogP contribution in [0, 0.1) is 0 Å². The maximum atomic E-state index is 13.2. The molecule has 3 aromatic rings. The van der Waals surface area contributed by atoms with Crippen molar-refractivity contribution < 1.29 is 54.7 Å². The van der Waals surface area contributed by atoms with E-state index < -0.39 is 71.5 Å². The number of benzene rings is 2. The topological polar surface area (TPSA) is 211 Å². The van der Waals surface area contributed by atoms with Gasteiger partial charge in [0.05, 0.1) is 6.61 Å². The molecule has 0 radical (unpaired) electrons. The summed E-state index contributed by atoms with van der Waals surface area (Å²) in [5, 5.41) is 78.7. The Morgan fingerprint density at radius 2 is 1.61 bits per heavy atom. The summed E-state index contributed by atoms with van der Waals surface area (Å²) in [6, 6.07) is 5.36. The molecule has 1 saturated heterocycles. The molecule has 33 heavy (non-hydrogen) atoms. The quantitative estimate of drug-likeness (QED) is 0.229. The lowest BCUT2D eigenvalue weighted by molar-refractivity contribution is -0.277. The third kappa shape index (κ3) is 3.90. The summed E-state index contributed by atoms with van der Waals surface area (Å²) in [6.45, 7) is -0.740. The Hall–Kier alpha value is -3.55. The summed E-state index contributed by atoms with van der Waals surface area (Å²) in [6.07, 6.45) is -8.40. The molecule has 2 unspecified atom stereocenters. The van der Waals surface area contributed by atoms with E-state index in [2.05, 4.69) is 0 Å². The van der Waals surface area contributed by atoms with E-state index in [0.29, 0.717) is 0 Å². The number of aliphatic hydroxyl groups is 4. The lowest BCUT2D eigenvalue weighted by atomic mass is 9.99. The molecule has 2 heterocycles. The molecule has 0 spiro atoms. The highest BCUT2D eigenvalue weighted by molar-refractivity contribution is 5.88. The smallest absolute Gasteiger partial charge is 0.239 e. The monoisotopic (exact) mass is 464 g/mol. The highest BCUT2D eigenvalue weighted by atomic mass is 16.7. The second-order valence-electron chi connectivity index (χ2n) is 7.45. The minimum Gasteiger partial charge on any atom is -0.508 e. The number of phenolic OH excluding ortho intramolecular Hbond substituents is 4. The van der Waals surface area contributed by atoms with Gasteiger partial charge in [-0.05, 0) is 18.2 Å². The Kier molecular flexibility index (Phi) is 5.78. The normalized spacial score (nSPS) is 25.3. The molecule has 0 saturated carbocycles. The number of phenols is 4. The van der Waals surface area contributed by atoms with E-state index in [1.807, 2.05) is 0 Å². The van der Waals surface area contributed by atoms with E-state index in [0.717, 1.165) is 24.3 Å². The van der Waals surface area contributed by atoms with E-state index in [-0.39, 0.29) is 22.3 Å². The molecule has 1 aliphatic rings. The van der Waals surface area contributed by atoms with Crippen molar-refractivity contribution in [2.24, 2.45) is 0 Å². The van der Waals surface area contributed by atoms with Crippen LogP contribution in [0.4, 0.5) is 0 Å². The van der Waals surface area contributed by atoms with Crippen LogP contribution in [0.3, 0.4) is 0 Å². The van der Waals surface area contributed by atoms with Gasteiger partial charge in [0.15, 0.2) is 17.3 Å². The van der Waals surface area contributed by atoms with Crippen LogP contribution in [0.5, 0.6) is 28.7 Å². The van der Waals surface area contributed by atoms with Gasteiger partial charge in [0.2, 0.25) is 17.5 Å². The predicted molar refractivity (Wildman–Crippen MR) is 109 cm³/mol. The Balaban J connectivity index is 1.91. The van der Waals surface area contributed by atoms with E-state index in [4.69, 9.17) is 13.9 Å². The number of ether oxygens (including phenoxy) is 2. The number of aliphatic hydroxyl groups excluding tert-OH is 4. The molecule has 1 aromatic heterocycles. The molecule has 5 atom stereocenters. The molecular weight excluding hydrogens is 444 g/mol. The SMILES string of the molecule is O=c1c(O[C@H]2O[C@@H](CO)C(O)[C@@H](O)C2O)c(-c2ccc(O)c(O)c2)oc2cc(O)cc(O)c12. The van der Waals surface area contributed by atoms with Crippen LogP contribution in [-0.2, 0) is 4.74 Å². The van der Waals surface area contributed by atoms with Crippen molar-refractivity contribution in [1.29, 1.82) is 0 Å². The lowest BCUT2D eigenvalue weighted by Crippen LogP contribution is -2.60. The Bertz CT molecular complexity index is 1250. The zero-order chi connectivity index (χ0) is 24.0. The van der Waals surface area contributed by atoms with E-state index >= 15 is 0 Å². The maximum Gasteiger partial charge on any atom is 0.239 e. The van der Waals surface area contributed by atoms with Crippen LogP contribution in [0.1, 0.15) is 0 Å². The molecule has 1 fully saturated rings. The number of hydrogen-bond acceptors (Lipinski definition) is 12. The molecule has 0 bridgehead atoms. The van der Waals surface area contributed by atoms with Crippen LogP contribution < -0.4 is 10.2 Å². The second-order valence-corrected chi connectivity index (χ2v) is 7.45. The molecule has 8 N–H and O–H groups in total. The van der Waals surface area contributed by atoms with Gasteiger partial charge in [-0.2, -0.15) is 0 Å². The molecule has 0 amide bonds. The summed E-state index contributed by atoms with van der Waals surface area (Å²) in [5.74, 6) is -3.05. The molecule has 176 valence electrons. The Morgan fingerprint density at radius 3 is 2.27 bits per heavy atom. The van der Waals surface area contributed by atoms with Crippen LogP contribution in [0.25, 0.3) is 22.3 Å². The van der Waals surface area contributed by atoms with Gasteiger partial charge in [0.25, 0.3) is 0 Å². The van der Waals surface area contributed by atoms with Crippen molar-refractivity contribution in [3.63, 3.8) is 0 Å². The van der Waals surface area contributed by atoms with Crippen LogP contribution in [0.15, 0.2) is 39.5 Å². The molecule has 12 heteroatoms. The molecular formula is C21H20O12. The summed E-state index contributed by atoms with van der Waals surface area (Å²) in [7, 11) is 0. The summed E-state index contributed by atoms with van der Waals surface area (Å²) >= 11 is 0. The summed E-state index contributed by atoms with van der Waals surface area (Å²) in [4.78, 5) is 13.2. The van der Waals surface area contributed by atoms with E-state index in [1.54, 1.807) is 0 Å². The number of rotatable bonds is 4. The number of fused-ring (bicyclic) bond motifs is 1. The van der Waals surface area contributed by atoms with Gasteiger partial charge in [-0.15, -0.1) is 0 Å². The lowest BCUT2D eigenvalue weighted by Gasteiger charge is -2.39. The molecule has 0 aliphatic carbocycles. The zero-order valence-corrected chi connectivity index (χ0v) is 16.7. The van der Waals surface area contributed by atoms with E-state index in [1.165, 1.54) is 6.07 Å². The Morgan fingerprint density at radius 1 is 0.879 bits per heavy atom. The van der Waals surface area contributed by atoms with Gasteiger partial charge in [0.1, 0.15) is 46.9 Å². The first-order valence-corrected chi connectivity index (χ1v) is 9.64. The summed E-state index contributed by atoms with van der Waals surface area (Å²) in [5.41, 5.74) is -1.19. The van der Waals surface area contributed by atoms with Crippen LogP contribution in [-0.4, -0.2) is 78.2 Å². The number of aromatic hydroxyl groups is 4. The third-order valence-corrected chi connectivity index (χ3v) is 5.24. The third-order valence-electron chi connectivity index (χ3n) is 5.24. The van der Waals surface area contributed by atoms with E-state index in [9.17, 15) is 45.6 Å². The maximum absolute atomic E-state index is 13.2. The predicted octanol–water partition coefficient (Wildman–Crippen LogP) is -0.539. The standard InChI is InChI=1S/C21H20O12/c22-6-13-15(27)17(29)18(30)21(32-13)33-20-16(28)14-11(26)4-8(23)5-12(14)31-19(20)7-1-2-9(24)10(25)3-7/h1-5,13,15,17-18,21-27,29-30H,6H2/t13-,15?,17+,18?,21+/m0/s1. The average Bonchev–Trinajstić information content (AvgIpc) is 2.76. The van der Waals surface area contributed by atoms with Gasteiger partial charge in [-0.1, -0.05) is 0 Å². The minimum absolute atomic E-state index is 0.0201. The fourth-order valence-corrected chi connectivity index (χ4v) is 3.51.